The molecule has 0 saturated heterocycles. The van der Waals surface area contributed by atoms with Crippen molar-refractivity contribution in [2.75, 3.05) is 7.11 Å². The molecule has 2 aromatic carbocycles. The number of thioether (sulfide) groups is 1. The highest BCUT2D eigenvalue weighted by Crippen LogP contribution is 2.29. The van der Waals surface area contributed by atoms with Crippen LogP contribution >= 0.6 is 11.8 Å². The normalized spacial score (nSPS) is 10.5. The molecule has 0 atom stereocenters. The zero-order valence-electron chi connectivity index (χ0n) is 11.8. The highest BCUT2D eigenvalue weighted by Gasteiger charge is 2.07. The van der Waals surface area contributed by atoms with E-state index in [9.17, 15) is 13.6 Å². The van der Waals surface area contributed by atoms with Crippen LogP contribution in [0.1, 0.15) is 15.9 Å². The van der Waals surface area contributed by atoms with Crippen molar-refractivity contribution in [3.8, 4) is 11.5 Å². The molecule has 2 aromatic rings. The molecular weight excluding hydrogens is 310 g/mol. The Morgan fingerprint density at radius 1 is 1.14 bits per heavy atom. The van der Waals surface area contributed by atoms with E-state index in [1.807, 2.05) is 0 Å². The summed E-state index contributed by atoms with van der Waals surface area (Å²) in [6.45, 7) is 0.274. The molecule has 0 aliphatic rings. The lowest BCUT2D eigenvalue weighted by Gasteiger charge is -2.11. The van der Waals surface area contributed by atoms with E-state index in [1.165, 1.54) is 7.11 Å². The van der Waals surface area contributed by atoms with Gasteiger partial charge in [0.05, 0.1) is 7.11 Å². The molecule has 3 nitrogen and oxygen atoms in total. The summed E-state index contributed by atoms with van der Waals surface area (Å²) in [5, 5.41) is 0. The van der Waals surface area contributed by atoms with Crippen LogP contribution in [0.3, 0.4) is 0 Å². The van der Waals surface area contributed by atoms with E-state index >= 15 is 0 Å². The second kappa shape index (κ2) is 7.79. The van der Waals surface area contributed by atoms with Crippen LogP contribution in [0.15, 0.2) is 47.4 Å². The summed E-state index contributed by atoms with van der Waals surface area (Å²) >= 11 is 0.505. The molecule has 6 heteroatoms. The van der Waals surface area contributed by atoms with Gasteiger partial charge in [0.2, 0.25) is 0 Å². The van der Waals surface area contributed by atoms with Crippen molar-refractivity contribution in [3.63, 3.8) is 0 Å². The van der Waals surface area contributed by atoms with Gasteiger partial charge in [-0.1, -0.05) is 23.9 Å². The van der Waals surface area contributed by atoms with Gasteiger partial charge in [-0.15, -0.1) is 0 Å². The number of rotatable bonds is 7. The smallest absolute Gasteiger partial charge is 0.288 e. The Morgan fingerprint density at radius 2 is 1.86 bits per heavy atom. The summed E-state index contributed by atoms with van der Waals surface area (Å²) in [7, 11) is 1.49. The van der Waals surface area contributed by atoms with Crippen LogP contribution in [-0.2, 0) is 6.61 Å². The van der Waals surface area contributed by atoms with E-state index in [1.54, 1.807) is 42.5 Å². The zero-order valence-corrected chi connectivity index (χ0v) is 12.6. The van der Waals surface area contributed by atoms with Gasteiger partial charge in [-0.25, -0.2) is 0 Å². The van der Waals surface area contributed by atoms with E-state index in [2.05, 4.69) is 0 Å². The summed E-state index contributed by atoms with van der Waals surface area (Å²) in [4.78, 5) is 11.2. The van der Waals surface area contributed by atoms with E-state index in [4.69, 9.17) is 9.47 Å². The molecule has 0 aliphatic carbocycles. The minimum Gasteiger partial charge on any atom is -0.493 e. The molecule has 0 unspecified atom stereocenters. The number of carbonyl (C=O) groups excluding carboxylic acids is 1. The summed E-state index contributed by atoms with van der Waals surface area (Å²) in [5.41, 5.74) is 1.35. The number of ether oxygens (including phenoxy) is 2. The lowest BCUT2D eigenvalue weighted by atomic mass is 10.2. The molecule has 0 spiro atoms. The topological polar surface area (TPSA) is 35.5 Å². The molecule has 0 radical (unpaired) electrons. The first-order chi connectivity index (χ1) is 10.6. The highest BCUT2D eigenvalue weighted by molar-refractivity contribution is 7.99. The van der Waals surface area contributed by atoms with E-state index in [-0.39, 0.29) is 6.61 Å². The van der Waals surface area contributed by atoms with Crippen LogP contribution in [0.25, 0.3) is 0 Å². The van der Waals surface area contributed by atoms with E-state index < -0.39 is 5.76 Å². The second-order valence-corrected chi connectivity index (χ2v) is 5.40. The van der Waals surface area contributed by atoms with Crippen LogP contribution in [-0.4, -0.2) is 19.2 Å². The molecule has 2 rings (SSSR count). The van der Waals surface area contributed by atoms with Crippen molar-refractivity contribution in [3.05, 3.63) is 53.6 Å². The molecule has 0 aromatic heterocycles. The van der Waals surface area contributed by atoms with Crippen LogP contribution in [0.5, 0.6) is 11.5 Å². The van der Waals surface area contributed by atoms with Crippen LogP contribution in [0, 0.1) is 0 Å². The third kappa shape index (κ3) is 4.46. The lowest BCUT2D eigenvalue weighted by Crippen LogP contribution is -1.98. The number of hydrogen-bond acceptors (Lipinski definition) is 4. The third-order valence-electron chi connectivity index (χ3n) is 2.87. The Morgan fingerprint density at radius 3 is 2.45 bits per heavy atom. The van der Waals surface area contributed by atoms with Gasteiger partial charge in [-0.05, 0) is 35.9 Å². The van der Waals surface area contributed by atoms with Gasteiger partial charge in [0.15, 0.2) is 11.5 Å². The molecule has 0 bridgehead atoms. The minimum atomic E-state index is -2.43. The molecule has 0 heterocycles. The molecule has 0 fully saturated rings. The zero-order chi connectivity index (χ0) is 15.9. The third-order valence-corrected chi connectivity index (χ3v) is 3.59. The van der Waals surface area contributed by atoms with Gasteiger partial charge in [0.25, 0.3) is 5.76 Å². The predicted octanol–water partition coefficient (Wildman–Crippen LogP) is 4.40. The maximum atomic E-state index is 12.2. The highest BCUT2D eigenvalue weighted by atomic mass is 32.2. The largest absolute Gasteiger partial charge is 0.493 e. The van der Waals surface area contributed by atoms with E-state index in [0.717, 1.165) is 11.8 Å². The summed E-state index contributed by atoms with van der Waals surface area (Å²) in [6.07, 6.45) is 0.728. The Bertz CT molecular complexity index is 630. The second-order valence-electron chi connectivity index (χ2n) is 4.34. The number of carbonyl (C=O) groups is 1. The first kappa shape index (κ1) is 16.3. The van der Waals surface area contributed by atoms with E-state index in [0.29, 0.717) is 33.7 Å². The monoisotopic (exact) mass is 324 g/mol. The summed E-state index contributed by atoms with van der Waals surface area (Å²) in [5.74, 6) is -1.45. The molecule has 22 heavy (non-hydrogen) atoms. The molecule has 0 saturated carbocycles. The van der Waals surface area contributed by atoms with Gasteiger partial charge in [-0.3, -0.25) is 4.79 Å². The number of hydrogen-bond donors (Lipinski definition) is 0. The fourth-order valence-electron chi connectivity index (χ4n) is 1.80. The number of aldehydes is 1. The predicted molar refractivity (Wildman–Crippen MR) is 81.0 cm³/mol. The maximum Gasteiger partial charge on any atom is 0.288 e. The quantitative estimate of drug-likeness (QED) is 0.558. The van der Waals surface area contributed by atoms with Crippen LogP contribution < -0.4 is 9.47 Å². The standard InChI is InChI=1S/C16H14F2O3S/c1-20-15-8-12(9-19)4-7-14(15)21-10-11-2-5-13(6-3-11)22-16(17)18/h2-9,16H,10H2,1H3. The molecule has 0 aliphatic heterocycles. The van der Waals surface area contributed by atoms with Gasteiger partial charge in [-0.2, -0.15) is 8.78 Å². The van der Waals surface area contributed by atoms with Gasteiger partial charge >= 0.3 is 0 Å². The van der Waals surface area contributed by atoms with Crippen molar-refractivity contribution >= 4 is 18.0 Å². The number of halogens is 2. The van der Waals surface area contributed by atoms with Crippen LogP contribution in [0.4, 0.5) is 8.78 Å². The van der Waals surface area contributed by atoms with Crippen molar-refractivity contribution in [2.24, 2.45) is 0 Å². The fraction of sp³-hybridized carbons (Fsp3) is 0.188. The average molecular weight is 324 g/mol. The average Bonchev–Trinajstić information content (AvgIpc) is 2.53. The SMILES string of the molecule is COc1cc(C=O)ccc1OCc1ccc(SC(F)F)cc1. The Labute approximate surface area is 131 Å². The minimum absolute atomic E-state index is 0.274. The maximum absolute atomic E-state index is 12.2. The first-order valence-electron chi connectivity index (χ1n) is 6.42. The molecule has 0 amide bonds. The van der Waals surface area contributed by atoms with Gasteiger partial charge in [0, 0.05) is 10.5 Å². The van der Waals surface area contributed by atoms with Crippen LogP contribution in [0.2, 0.25) is 0 Å². The molecule has 0 N–H and O–H groups in total. The van der Waals surface area contributed by atoms with Crippen molar-refractivity contribution in [2.45, 2.75) is 17.3 Å². The Hall–Kier alpha value is -2.08. The lowest BCUT2D eigenvalue weighted by molar-refractivity contribution is 0.112. The number of benzene rings is 2. The van der Waals surface area contributed by atoms with Crippen molar-refractivity contribution in [1.82, 2.24) is 0 Å². The van der Waals surface area contributed by atoms with Crippen molar-refractivity contribution < 1.29 is 23.0 Å². The first-order valence-corrected chi connectivity index (χ1v) is 7.30. The summed E-state index contributed by atoms with van der Waals surface area (Å²) < 4.78 is 35.3. The molecular formula is C16H14F2O3S. The number of methoxy groups -OCH3 is 1. The van der Waals surface area contributed by atoms with Crippen molar-refractivity contribution in [1.29, 1.82) is 0 Å². The van der Waals surface area contributed by atoms with Gasteiger partial charge in [0.1, 0.15) is 12.9 Å². The fourth-order valence-corrected chi connectivity index (χ4v) is 2.30. The Balaban J connectivity index is 2.02. The summed E-state index contributed by atoms with van der Waals surface area (Å²) in [6, 6.07) is 11.6. The molecule has 116 valence electrons. The number of alkyl halides is 2. The Kier molecular flexibility index (Phi) is 5.77. The van der Waals surface area contributed by atoms with Gasteiger partial charge < -0.3 is 9.47 Å².